The number of rotatable bonds is 7. The van der Waals surface area contributed by atoms with Crippen LogP contribution in [0.15, 0.2) is 65.3 Å². The van der Waals surface area contributed by atoms with Crippen LogP contribution in [-0.4, -0.2) is 44.3 Å². The zero-order valence-corrected chi connectivity index (χ0v) is 19.5. The van der Waals surface area contributed by atoms with Crippen molar-refractivity contribution in [3.8, 4) is 0 Å². The van der Waals surface area contributed by atoms with Crippen LogP contribution in [0.2, 0.25) is 0 Å². The van der Waals surface area contributed by atoms with Crippen LogP contribution < -0.4 is 5.32 Å². The first-order valence-electron chi connectivity index (χ1n) is 10.4. The zero-order chi connectivity index (χ0) is 24.4. The van der Waals surface area contributed by atoms with Gasteiger partial charge in [-0.05, 0) is 30.2 Å². The van der Waals surface area contributed by atoms with E-state index in [0.717, 1.165) is 5.56 Å². The maximum atomic E-state index is 12.9. The van der Waals surface area contributed by atoms with Crippen molar-refractivity contribution in [2.75, 3.05) is 0 Å². The van der Waals surface area contributed by atoms with Crippen LogP contribution in [0.25, 0.3) is 0 Å². The number of carbonyl (C=O) groups excluding carboxylic acids is 3. The van der Waals surface area contributed by atoms with Gasteiger partial charge >= 0.3 is 5.97 Å². The monoisotopic (exact) mass is 501 g/mol. The molecule has 0 saturated carbocycles. The lowest BCUT2D eigenvalue weighted by Crippen LogP contribution is -2.71. The number of nitro benzene ring substituents is 1. The average molecular weight is 502 g/mol. The molecule has 2 aliphatic heterocycles. The number of halogens is 1. The molecule has 176 valence electrons. The van der Waals surface area contributed by atoms with E-state index >= 15 is 0 Å². The standard InChI is InChI=1S/C23H20ClN3O6S/c1-13-18(24)20(23(30)33-12-15-7-9-16(10-8-15)27(31)32)26-21(29)19(22(26)34-13)25-17(28)11-14-5-3-2-4-6-14/h2-10,13,19,22H,11-12H2,1H3,(H,25,28)/t13?,19?,22-/m1/s1. The Morgan fingerprint density at radius 3 is 2.47 bits per heavy atom. The maximum absolute atomic E-state index is 12.9. The van der Waals surface area contributed by atoms with Crippen LogP contribution >= 0.6 is 23.4 Å². The molecule has 4 rings (SSSR count). The summed E-state index contributed by atoms with van der Waals surface area (Å²) in [5, 5.41) is 13.0. The third-order valence-corrected chi connectivity index (χ3v) is 7.49. The smallest absolute Gasteiger partial charge is 0.356 e. The van der Waals surface area contributed by atoms with Crippen LogP contribution in [0.4, 0.5) is 5.69 Å². The first-order chi connectivity index (χ1) is 16.3. The fourth-order valence-corrected chi connectivity index (χ4v) is 5.33. The lowest BCUT2D eigenvalue weighted by molar-refractivity contribution is -0.384. The van der Waals surface area contributed by atoms with Gasteiger partial charge in [0.05, 0.1) is 16.4 Å². The summed E-state index contributed by atoms with van der Waals surface area (Å²) in [6.07, 6.45) is 0.137. The predicted molar refractivity (Wildman–Crippen MR) is 126 cm³/mol. The molecule has 9 nitrogen and oxygen atoms in total. The molecule has 34 heavy (non-hydrogen) atoms. The number of hydrogen-bond donors (Lipinski definition) is 1. The van der Waals surface area contributed by atoms with E-state index in [2.05, 4.69) is 5.32 Å². The van der Waals surface area contributed by atoms with E-state index in [4.69, 9.17) is 16.3 Å². The Balaban J connectivity index is 1.41. The number of carbonyl (C=O) groups is 3. The van der Waals surface area contributed by atoms with E-state index in [-0.39, 0.29) is 40.6 Å². The molecule has 0 aromatic heterocycles. The first kappa shape index (κ1) is 23.8. The van der Waals surface area contributed by atoms with E-state index in [0.29, 0.717) is 5.56 Å². The minimum Gasteiger partial charge on any atom is -0.456 e. The topological polar surface area (TPSA) is 119 Å². The number of nitrogens with one attached hydrogen (secondary N) is 1. The zero-order valence-electron chi connectivity index (χ0n) is 18.0. The lowest BCUT2D eigenvalue weighted by Gasteiger charge is -2.50. The van der Waals surface area contributed by atoms with Crippen molar-refractivity contribution in [1.82, 2.24) is 10.2 Å². The molecule has 1 saturated heterocycles. The van der Waals surface area contributed by atoms with Crippen LogP contribution in [0.1, 0.15) is 18.1 Å². The minimum absolute atomic E-state index is 0.0432. The highest BCUT2D eigenvalue weighted by Crippen LogP contribution is 2.45. The number of β-lactam (4-membered cyclic amide) rings is 1. The highest BCUT2D eigenvalue weighted by atomic mass is 35.5. The predicted octanol–water partition coefficient (Wildman–Crippen LogP) is 3.12. The van der Waals surface area contributed by atoms with Gasteiger partial charge in [0.1, 0.15) is 23.7 Å². The first-order valence-corrected chi connectivity index (χ1v) is 11.7. The minimum atomic E-state index is -0.775. The summed E-state index contributed by atoms with van der Waals surface area (Å²) in [4.78, 5) is 49.7. The number of nitro groups is 1. The van der Waals surface area contributed by atoms with E-state index in [1.807, 2.05) is 30.3 Å². The second kappa shape index (κ2) is 9.86. The number of amides is 2. The number of nitrogens with zero attached hydrogens (tertiary/aromatic N) is 2. The molecule has 11 heteroatoms. The van der Waals surface area contributed by atoms with Gasteiger partial charge in [-0.2, -0.15) is 0 Å². The van der Waals surface area contributed by atoms with E-state index in [1.54, 1.807) is 6.92 Å². The lowest BCUT2D eigenvalue weighted by atomic mass is 10.0. The molecule has 2 aromatic rings. The fraction of sp³-hybridized carbons (Fsp3) is 0.261. The summed E-state index contributed by atoms with van der Waals surface area (Å²) in [7, 11) is 0. The number of non-ortho nitro benzene ring substituents is 1. The Hall–Kier alpha value is -3.37. The molecule has 0 radical (unpaired) electrons. The van der Waals surface area contributed by atoms with Gasteiger partial charge in [-0.25, -0.2) is 4.79 Å². The Morgan fingerprint density at radius 1 is 1.15 bits per heavy atom. The van der Waals surface area contributed by atoms with Gasteiger partial charge in [-0.1, -0.05) is 41.9 Å². The summed E-state index contributed by atoms with van der Waals surface area (Å²) in [6, 6.07) is 14.0. The summed E-state index contributed by atoms with van der Waals surface area (Å²) < 4.78 is 5.34. The summed E-state index contributed by atoms with van der Waals surface area (Å²) in [5.74, 6) is -1.51. The van der Waals surface area contributed by atoms with Gasteiger partial charge in [-0.15, -0.1) is 11.8 Å². The number of thioether (sulfide) groups is 1. The number of fused-ring (bicyclic) bond motifs is 1. The molecule has 0 spiro atoms. The molecule has 0 bridgehead atoms. The summed E-state index contributed by atoms with van der Waals surface area (Å²) >= 11 is 7.76. The van der Waals surface area contributed by atoms with Crippen LogP contribution in [0.3, 0.4) is 0 Å². The third-order valence-electron chi connectivity index (χ3n) is 5.45. The Bertz CT molecular complexity index is 1170. The molecule has 2 aromatic carbocycles. The number of esters is 1. The van der Waals surface area contributed by atoms with Crippen molar-refractivity contribution in [2.24, 2.45) is 0 Å². The van der Waals surface area contributed by atoms with Crippen LogP contribution in [0, 0.1) is 10.1 Å². The third kappa shape index (κ3) is 4.78. The number of ether oxygens (including phenoxy) is 1. The summed E-state index contributed by atoms with van der Waals surface area (Å²) in [5.41, 5.74) is 1.25. The number of benzene rings is 2. The van der Waals surface area contributed by atoms with Gasteiger partial charge in [0.25, 0.3) is 11.6 Å². The van der Waals surface area contributed by atoms with Gasteiger partial charge < -0.3 is 10.1 Å². The molecular formula is C23H20ClN3O6S. The highest BCUT2D eigenvalue weighted by molar-refractivity contribution is 8.01. The Kier molecular flexibility index (Phi) is 6.90. The molecular weight excluding hydrogens is 482 g/mol. The second-order valence-electron chi connectivity index (χ2n) is 7.78. The van der Waals surface area contributed by atoms with Gasteiger partial charge in [0.15, 0.2) is 0 Å². The molecule has 2 amide bonds. The maximum Gasteiger partial charge on any atom is 0.356 e. The molecule has 2 aliphatic rings. The van der Waals surface area contributed by atoms with Gasteiger partial charge in [0, 0.05) is 17.4 Å². The molecule has 3 atom stereocenters. The average Bonchev–Trinajstić information content (AvgIpc) is 2.83. The van der Waals surface area contributed by atoms with Crippen molar-refractivity contribution in [3.05, 3.63) is 86.6 Å². The molecule has 1 N–H and O–H groups in total. The quantitative estimate of drug-likeness (QED) is 0.268. The van der Waals surface area contributed by atoms with Crippen molar-refractivity contribution >= 4 is 46.8 Å². The second-order valence-corrected chi connectivity index (χ2v) is 9.65. The van der Waals surface area contributed by atoms with Gasteiger partial charge in [0.2, 0.25) is 5.91 Å². The van der Waals surface area contributed by atoms with Crippen LogP contribution in [-0.2, 0) is 32.1 Å². The van der Waals surface area contributed by atoms with Crippen molar-refractivity contribution < 1.29 is 24.0 Å². The van der Waals surface area contributed by atoms with Crippen molar-refractivity contribution in [2.45, 2.75) is 36.6 Å². The normalized spacial score (nSPS) is 21.4. The molecule has 0 aliphatic carbocycles. The van der Waals surface area contributed by atoms with E-state index in [9.17, 15) is 24.5 Å². The molecule has 2 heterocycles. The fourth-order valence-electron chi connectivity index (χ4n) is 3.68. The van der Waals surface area contributed by atoms with E-state index < -0.39 is 28.2 Å². The molecule has 2 unspecified atom stereocenters. The highest BCUT2D eigenvalue weighted by Gasteiger charge is 2.55. The van der Waals surface area contributed by atoms with Crippen molar-refractivity contribution in [3.63, 3.8) is 0 Å². The largest absolute Gasteiger partial charge is 0.456 e. The van der Waals surface area contributed by atoms with E-state index in [1.165, 1.54) is 40.9 Å². The summed E-state index contributed by atoms with van der Waals surface area (Å²) in [6.45, 7) is 1.66. The van der Waals surface area contributed by atoms with Gasteiger partial charge in [-0.3, -0.25) is 24.6 Å². The number of hydrogen-bond acceptors (Lipinski definition) is 7. The Morgan fingerprint density at radius 2 is 1.82 bits per heavy atom. The Labute approximate surface area is 204 Å². The van der Waals surface area contributed by atoms with Crippen molar-refractivity contribution in [1.29, 1.82) is 0 Å². The SMILES string of the molecule is CC1S[C@@H]2C(NC(=O)Cc3ccccc3)C(=O)N2C(C(=O)OCc2ccc([N+](=O)[O-])cc2)=C1Cl. The molecule has 1 fully saturated rings. The van der Waals surface area contributed by atoms with Crippen LogP contribution in [0.5, 0.6) is 0 Å².